The van der Waals surface area contributed by atoms with Gasteiger partial charge in [-0.15, -0.1) is 0 Å². The number of rotatable bonds is 2. The first-order chi connectivity index (χ1) is 7.29. The summed E-state index contributed by atoms with van der Waals surface area (Å²) in [5.74, 6) is -5.27. The van der Waals surface area contributed by atoms with Crippen LogP contribution in [0.15, 0.2) is 0 Å². The molecule has 2 saturated carbocycles. The van der Waals surface area contributed by atoms with Gasteiger partial charge in [0.2, 0.25) is 11.8 Å². The van der Waals surface area contributed by atoms with E-state index < -0.39 is 17.3 Å². The van der Waals surface area contributed by atoms with E-state index in [2.05, 4.69) is 0 Å². The number of alkyl halides is 4. The van der Waals surface area contributed by atoms with Gasteiger partial charge in [-0.3, -0.25) is 0 Å². The fourth-order valence-corrected chi connectivity index (χ4v) is 3.23. The summed E-state index contributed by atoms with van der Waals surface area (Å²) in [5, 5.41) is 0. The molecule has 0 aromatic heterocycles. The molecule has 0 aromatic carbocycles. The molecule has 0 radical (unpaired) electrons. The van der Waals surface area contributed by atoms with Crippen molar-refractivity contribution in [1.82, 2.24) is 0 Å². The zero-order chi connectivity index (χ0) is 12.0. The van der Waals surface area contributed by atoms with E-state index in [4.69, 9.17) is 5.73 Å². The van der Waals surface area contributed by atoms with E-state index in [1.54, 1.807) is 0 Å². The van der Waals surface area contributed by atoms with Crippen molar-refractivity contribution < 1.29 is 17.6 Å². The smallest absolute Gasteiger partial charge is 0.249 e. The van der Waals surface area contributed by atoms with Crippen molar-refractivity contribution in [2.45, 2.75) is 50.4 Å². The van der Waals surface area contributed by atoms with Crippen LogP contribution in [0.1, 0.15) is 38.5 Å². The predicted octanol–water partition coefficient (Wildman–Crippen LogP) is 3.19. The highest BCUT2D eigenvalue weighted by Gasteiger charge is 2.59. The second-order valence-corrected chi connectivity index (χ2v) is 5.41. The molecule has 0 saturated heterocycles. The highest BCUT2D eigenvalue weighted by Crippen LogP contribution is 2.59. The fourth-order valence-electron chi connectivity index (χ4n) is 3.23. The Bertz CT molecular complexity index is 259. The Morgan fingerprint density at radius 2 is 1.44 bits per heavy atom. The van der Waals surface area contributed by atoms with E-state index in [9.17, 15) is 17.6 Å². The van der Waals surface area contributed by atoms with E-state index in [0.717, 1.165) is 0 Å². The Labute approximate surface area is 92.4 Å². The second-order valence-electron chi connectivity index (χ2n) is 5.41. The zero-order valence-electron chi connectivity index (χ0n) is 9.12. The molecule has 2 rings (SSSR count). The van der Waals surface area contributed by atoms with Gasteiger partial charge in [-0.2, -0.15) is 0 Å². The van der Waals surface area contributed by atoms with Crippen LogP contribution in [0.2, 0.25) is 0 Å². The van der Waals surface area contributed by atoms with Crippen LogP contribution < -0.4 is 5.73 Å². The van der Waals surface area contributed by atoms with Crippen molar-refractivity contribution in [3.63, 3.8) is 0 Å². The molecule has 0 aromatic rings. The van der Waals surface area contributed by atoms with Crippen molar-refractivity contribution in [1.29, 1.82) is 0 Å². The first kappa shape index (κ1) is 12.1. The summed E-state index contributed by atoms with van der Waals surface area (Å²) in [4.78, 5) is 0. The summed E-state index contributed by atoms with van der Waals surface area (Å²) >= 11 is 0. The average molecular weight is 239 g/mol. The monoisotopic (exact) mass is 239 g/mol. The molecule has 0 spiro atoms. The predicted molar refractivity (Wildman–Crippen MR) is 52.6 cm³/mol. The van der Waals surface area contributed by atoms with Crippen LogP contribution in [-0.4, -0.2) is 18.4 Å². The summed E-state index contributed by atoms with van der Waals surface area (Å²) in [7, 11) is 0. The Balaban J connectivity index is 1.98. The number of halogens is 4. The minimum Gasteiger partial charge on any atom is -0.330 e. The minimum absolute atomic E-state index is 0.0447. The maximum absolute atomic E-state index is 13.0. The van der Waals surface area contributed by atoms with E-state index in [1.807, 2.05) is 0 Å². The molecule has 0 atom stereocenters. The number of hydrogen-bond acceptors (Lipinski definition) is 1. The van der Waals surface area contributed by atoms with Crippen LogP contribution in [-0.2, 0) is 0 Å². The molecule has 0 bridgehead atoms. The zero-order valence-corrected chi connectivity index (χ0v) is 9.12. The van der Waals surface area contributed by atoms with Crippen molar-refractivity contribution in [2.75, 3.05) is 6.54 Å². The standard InChI is InChI=1S/C11H17F4N/c12-10(13)3-1-8(2-4-10)9(7-16)5-11(14,15)6-9/h8H,1-7,16H2. The Hall–Kier alpha value is -0.320. The van der Waals surface area contributed by atoms with Gasteiger partial charge in [0.15, 0.2) is 0 Å². The Morgan fingerprint density at radius 3 is 1.81 bits per heavy atom. The highest BCUT2D eigenvalue weighted by atomic mass is 19.3. The first-order valence-electron chi connectivity index (χ1n) is 5.74. The average Bonchev–Trinajstić information content (AvgIpc) is 2.13. The van der Waals surface area contributed by atoms with Crippen LogP contribution >= 0.6 is 0 Å². The molecule has 2 fully saturated rings. The number of hydrogen-bond donors (Lipinski definition) is 1. The molecule has 0 amide bonds. The van der Waals surface area contributed by atoms with E-state index in [0.29, 0.717) is 12.8 Å². The van der Waals surface area contributed by atoms with Gasteiger partial charge in [0.1, 0.15) is 0 Å². The molecule has 2 aliphatic carbocycles. The van der Waals surface area contributed by atoms with Gasteiger partial charge in [-0.05, 0) is 30.7 Å². The topological polar surface area (TPSA) is 26.0 Å². The lowest BCUT2D eigenvalue weighted by molar-refractivity contribution is -0.191. The van der Waals surface area contributed by atoms with E-state index >= 15 is 0 Å². The van der Waals surface area contributed by atoms with Gasteiger partial charge in [0, 0.05) is 25.7 Å². The Morgan fingerprint density at radius 1 is 0.938 bits per heavy atom. The second kappa shape index (κ2) is 3.59. The molecule has 2 aliphatic rings. The van der Waals surface area contributed by atoms with Crippen molar-refractivity contribution in [2.24, 2.45) is 17.1 Å². The third-order valence-electron chi connectivity index (χ3n) is 4.21. The lowest BCUT2D eigenvalue weighted by atomic mass is 9.55. The van der Waals surface area contributed by atoms with Gasteiger partial charge in [0.25, 0.3) is 0 Å². The van der Waals surface area contributed by atoms with Crippen LogP contribution in [0.3, 0.4) is 0 Å². The van der Waals surface area contributed by atoms with Gasteiger partial charge in [0.05, 0.1) is 0 Å². The van der Waals surface area contributed by atoms with Crippen molar-refractivity contribution in [3.8, 4) is 0 Å². The summed E-state index contributed by atoms with van der Waals surface area (Å²) < 4.78 is 51.8. The highest BCUT2D eigenvalue weighted by molar-refractivity contribution is 5.04. The van der Waals surface area contributed by atoms with Crippen molar-refractivity contribution in [3.05, 3.63) is 0 Å². The molecular weight excluding hydrogens is 222 g/mol. The Kier molecular flexibility index (Phi) is 2.72. The number of nitrogens with two attached hydrogens (primary N) is 1. The largest absolute Gasteiger partial charge is 0.330 e. The molecule has 5 heteroatoms. The van der Waals surface area contributed by atoms with Gasteiger partial charge < -0.3 is 5.73 Å². The minimum atomic E-state index is -2.63. The van der Waals surface area contributed by atoms with Crippen LogP contribution in [0.25, 0.3) is 0 Å². The van der Waals surface area contributed by atoms with Gasteiger partial charge >= 0.3 is 0 Å². The van der Waals surface area contributed by atoms with Gasteiger partial charge in [-0.1, -0.05) is 0 Å². The molecule has 94 valence electrons. The molecule has 16 heavy (non-hydrogen) atoms. The maximum Gasteiger partial charge on any atom is 0.249 e. The van der Waals surface area contributed by atoms with Crippen LogP contribution in [0, 0.1) is 11.3 Å². The lowest BCUT2D eigenvalue weighted by Crippen LogP contribution is -2.55. The summed E-state index contributed by atoms with van der Waals surface area (Å²) in [6, 6.07) is 0. The molecule has 0 heterocycles. The summed E-state index contributed by atoms with van der Waals surface area (Å²) in [6.07, 6.45) is -0.115. The fraction of sp³-hybridized carbons (Fsp3) is 1.00. The molecule has 0 unspecified atom stereocenters. The first-order valence-corrected chi connectivity index (χ1v) is 5.74. The van der Waals surface area contributed by atoms with E-state index in [-0.39, 0.29) is 38.1 Å². The summed E-state index contributed by atoms with van der Waals surface area (Å²) in [5.41, 5.74) is 5.00. The lowest BCUT2D eigenvalue weighted by Gasteiger charge is -2.53. The quantitative estimate of drug-likeness (QED) is 0.736. The van der Waals surface area contributed by atoms with Crippen LogP contribution in [0.4, 0.5) is 17.6 Å². The van der Waals surface area contributed by atoms with E-state index in [1.165, 1.54) is 0 Å². The third-order valence-corrected chi connectivity index (χ3v) is 4.21. The van der Waals surface area contributed by atoms with Crippen LogP contribution in [0.5, 0.6) is 0 Å². The van der Waals surface area contributed by atoms with Crippen molar-refractivity contribution >= 4 is 0 Å². The SMILES string of the molecule is NCC1(C2CCC(F)(F)CC2)CC(F)(F)C1. The summed E-state index contributed by atoms with van der Waals surface area (Å²) in [6.45, 7) is 0.193. The third kappa shape index (κ3) is 2.06. The molecule has 1 nitrogen and oxygen atoms in total. The normalized spacial score (nSPS) is 32.1. The maximum atomic E-state index is 13.0. The molecule has 0 aliphatic heterocycles. The van der Waals surface area contributed by atoms with Gasteiger partial charge in [-0.25, -0.2) is 17.6 Å². The molecule has 2 N–H and O–H groups in total. The molecular formula is C11H17F4N.